The minimum atomic E-state index is 0.701. The van der Waals surface area contributed by atoms with E-state index in [-0.39, 0.29) is 0 Å². The first-order chi connectivity index (χ1) is 7.76. The summed E-state index contributed by atoms with van der Waals surface area (Å²) in [5.74, 6) is 0.735. The van der Waals surface area contributed by atoms with Gasteiger partial charge in [-0.15, -0.1) is 0 Å². The lowest BCUT2D eigenvalue weighted by Crippen LogP contribution is -2.42. The molecule has 0 amide bonds. The van der Waals surface area contributed by atoms with E-state index in [0.29, 0.717) is 6.04 Å². The molecule has 3 heteroatoms. The van der Waals surface area contributed by atoms with Crippen LogP contribution in [0.4, 0.5) is 0 Å². The first-order valence-corrected chi connectivity index (χ1v) is 6.79. The lowest BCUT2D eigenvalue weighted by molar-refractivity contribution is 0.0316. The Morgan fingerprint density at radius 1 is 1.19 bits per heavy atom. The Morgan fingerprint density at radius 2 is 1.81 bits per heavy atom. The zero-order chi connectivity index (χ0) is 11.8. The average Bonchev–Trinajstić information content (AvgIpc) is 2.31. The van der Waals surface area contributed by atoms with E-state index < -0.39 is 0 Å². The first-order valence-electron chi connectivity index (χ1n) is 6.79. The SMILES string of the molecule is CCC(CC)NCC(C)CN1CCOCC1. The summed E-state index contributed by atoms with van der Waals surface area (Å²) >= 11 is 0. The van der Waals surface area contributed by atoms with E-state index in [0.717, 1.165) is 38.8 Å². The molecule has 16 heavy (non-hydrogen) atoms. The molecule has 1 rings (SSSR count). The molecule has 3 nitrogen and oxygen atoms in total. The quantitative estimate of drug-likeness (QED) is 0.718. The summed E-state index contributed by atoms with van der Waals surface area (Å²) < 4.78 is 5.36. The van der Waals surface area contributed by atoms with Crippen molar-refractivity contribution >= 4 is 0 Å². The van der Waals surface area contributed by atoms with E-state index in [1.807, 2.05) is 0 Å². The van der Waals surface area contributed by atoms with Crippen molar-refractivity contribution in [3.8, 4) is 0 Å². The minimum Gasteiger partial charge on any atom is -0.379 e. The van der Waals surface area contributed by atoms with Gasteiger partial charge in [0.1, 0.15) is 0 Å². The Labute approximate surface area is 101 Å². The number of nitrogens with one attached hydrogen (secondary N) is 1. The van der Waals surface area contributed by atoms with Gasteiger partial charge in [0, 0.05) is 25.7 Å². The van der Waals surface area contributed by atoms with E-state index in [1.165, 1.54) is 19.4 Å². The molecule has 0 aromatic heterocycles. The van der Waals surface area contributed by atoms with Crippen LogP contribution >= 0.6 is 0 Å². The molecule has 0 radical (unpaired) electrons. The van der Waals surface area contributed by atoms with Crippen LogP contribution in [0.1, 0.15) is 33.6 Å². The number of morpholine rings is 1. The maximum atomic E-state index is 5.36. The number of rotatable bonds is 7. The van der Waals surface area contributed by atoms with Gasteiger partial charge in [0.2, 0.25) is 0 Å². The fraction of sp³-hybridized carbons (Fsp3) is 1.00. The third-order valence-corrected chi connectivity index (χ3v) is 3.41. The van der Waals surface area contributed by atoms with Crippen LogP contribution in [0.3, 0.4) is 0 Å². The second-order valence-electron chi connectivity index (χ2n) is 4.94. The lowest BCUT2D eigenvalue weighted by atomic mass is 10.1. The fourth-order valence-electron chi connectivity index (χ4n) is 2.23. The standard InChI is InChI=1S/C13H28N2O/c1-4-13(5-2)14-10-12(3)11-15-6-8-16-9-7-15/h12-14H,4-11H2,1-3H3. The predicted octanol–water partition coefficient (Wildman–Crippen LogP) is 1.73. The Kier molecular flexibility index (Phi) is 7.01. The molecule has 0 bridgehead atoms. The molecule has 1 saturated heterocycles. The van der Waals surface area contributed by atoms with Crippen molar-refractivity contribution in [1.82, 2.24) is 10.2 Å². The zero-order valence-electron chi connectivity index (χ0n) is 11.2. The van der Waals surface area contributed by atoms with Crippen LogP contribution in [0.25, 0.3) is 0 Å². The molecule has 0 aromatic rings. The highest BCUT2D eigenvalue weighted by molar-refractivity contribution is 4.70. The van der Waals surface area contributed by atoms with E-state index >= 15 is 0 Å². The van der Waals surface area contributed by atoms with Gasteiger partial charge >= 0.3 is 0 Å². The molecule has 0 aromatic carbocycles. The highest BCUT2D eigenvalue weighted by Crippen LogP contribution is 2.04. The summed E-state index contributed by atoms with van der Waals surface area (Å²) in [5.41, 5.74) is 0. The second kappa shape index (κ2) is 8.04. The number of ether oxygens (including phenoxy) is 1. The minimum absolute atomic E-state index is 0.701. The molecule has 1 aliphatic heterocycles. The molecule has 1 unspecified atom stereocenters. The summed E-state index contributed by atoms with van der Waals surface area (Å²) in [6.07, 6.45) is 2.47. The van der Waals surface area contributed by atoms with E-state index in [2.05, 4.69) is 31.0 Å². The number of nitrogens with zero attached hydrogens (tertiary/aromatic N) is 1. The summed E-state index contributed by atoms with van der Waals surface area (Å²) in [6.45, 7) is 13.2. The van der Waals surface area contributed by atoms with Crippen molar-refractivity contribution in [1.29, 1.82) is 0 Å². The maximum absolute atomic E-state index is 5.36. The van der Waals surface area contributed by atoms with Crippen molar-refractivity contribution in [2.45, 2.75) is 39.7 Å². The van der Waals surface area contributed by atoms with Crippen LogP contribution < -0.4 is 5.32 Å². The van der Waals surface area contributed by atoms with Gasteiger partial charge in [-0.3, -0.25) is 4.90 Å². The Hall–Kier alpha value is -0.120. The highest BCUT2D eigenvalue weighted by atomic mass is 16.5. The molecule has 0 saturated carbocycles. The highest BCUT2D eigenvalue weighted by Gasteiger charge is 2.14. The van der Waals surface area contributed by atoms with Crippen LogP contribution in [0, 0.1) is 5.92 Å². The van der Waals surface area contributed by atoms with E-state index in [9.17, 15) is 0 Å². The molecular formula is C13H28N2O. The third-order valence-electron chi connectivity index (χ3n) is 3.41. The molecule has 0 spiro atoms. The van der Waals surface area contributed by atoms with Gasteiger partial charge in [0.05, 0.1) is 13.2 Å². The summed E-state index contributed by atoms with van der Waals surface area (Å²) in [5, 5.41) is 3.65. The number of hydrogen-bond donors (Lipinski definition) is 1. The van der Waals surface area contributed by atoms with E-state index in [1.54, 1.807) is 0 Å². The monoisotopic (exact) mass is 228 g/mol. The molecule has 1 N–H and O–H groups in total. The van der Waals surface area contributed by atoms with Gasteiger partial charge in [-0.05, 0) is 25.3 Å². The van der Waals surface area contributed by atoms with Crippen molar-refractivity contribution in [2.75, 3.05) is 39.4 Å². The van der Waals surface area contributed by atoms with Gasteiger partial charge in [0.25, 0.3) is 0 Å². The van der Waals surface area contributed by atoms with E-state index in [4.69, 9.17) is 4.74 Å². The van der Waals surface area contributed by atoms with Gasteiger partial charge < -0.3 is 10.1 Å². The van der Waals surface area contributed by atoms with Crippen molar-refractivity contribution in [3.05, 3.63) is 0 Å². The Balaban J connectivity index is 2.11. The fourth-order valence-corrected chi connectivity index (χ4v) is 2.23. The van der Waals surface area contributed by atoms with Gasteiger partial charge in [-0.2, -0.15) is 0 Å². The predicted molar refractivity (Wildman–Crippen MR) is 68.8 cm³/mol. The third kappa shape index (κ3) is 5.28. The van der Waals surface area contributed by atoms with Crippen LogP contribution in [-0.2, 0) is 4.74 Å². The Bertz CT molecular complexity index is 165. The van der Waals surface area contributed by atoms with Gasteiger partial charge in [0.15, 0.2) is 0 Å². The molecule has 1 atom stereocenters. The maximum Gasteiger partial charge on any atom is 0.0594 e. The second-order valence-corrected chi connectivity index (χ2v) is 4.94. The van der Waals surface area contributed by atoms with Crippen molar-refractivity contribution in [3.63, 3.8) is 0 Å². The van der Waals surface area contributed by atoms with Crippen molar-refractivity contribution < 1.29 is 4.74 Å². The van der Waals surface area contributed by atoms with Gasteiger partial charge in [-0.25, -0.2) is 0 Å². The Morgan fingerprint density at radius 3 is 2.38 bits per heavy atom. The summed E-state index contributed by atoms with van der Waals surface area (Å²) in [6, 6.07) is 0.701. The normalized spacial score (nSPS) is 20.2. The smallest absolute Gasteiger partial charge is 0.0594 e. The largest absolute Gasteiger partial charge is 0.379 e. The molecule has 96 valence electrons. The molecule has 1 heterocycles. The van der Waals surface area contributed by atoms with Crippen LogP contribution in [0.15, 0.2) is 0 Å². The summed E-state index contributed by atoms with van der Waals surface area (Å²) in [4.78, 5) is 2.52. The molecular weight excluding hydrogens is 200 g/mol. The van der Waals surface area contributed by atoms with Crippen molar-refractivity contribution in [2.24, 2.45) is 5.92 Å². The van der Waals surface area contributed by atoms with Crippen LogP contribution in [0.5, 0.6) is 0 Å². The molecule has 1 fully saturated rings. The van der Waals surface area contributed by atoms with Gasteiger partial charge in [-0.1, -0.05) is 20.8 Å². The summed E-state index contributed by atoms with van der Waals surface area (Å²) in [7, 11) is 0. The molecule has 0 aliphatic carbocycles. The molecule has 1 aliphatic rings. The lowest BCUT2D eigenvalue weighted by Gasteiger charge is -2.29. The zero-order valence-corrected chi connectivity index (χ0v) is 11.2. The average molecular weight is 228 g/mol. The van der Waals surface area contributed by atoms with Crippen LogP contribution in [-0.4, -0.2) is 50.3 Å². The number of hydrogen-bond acceptors (Lipinski definition) is 3. The topological polar surface area (TPSA) is 24.5 Å². The first kappa shape index (κ1) is 13.9. The van der Waals surface area contributed by atoms with Crippen LogP contribution in [0.2, 0.25) is 0 Å².